The first kappa shape index (κ1) is 13.8. The molecule has 0 saturated heterocycles. The van der Waals surface area contributed by atoms with Gasteiger partial charge in [-0.05, 0) is 25.0 Å². The summed E-state index contributed by atoms with van der Waals surface area (Å²) in [6, 6.07) is 0. The van der Waals surface area contributed by atoms with Crippen molar-refractivity contribution in [2.75, 3.05) is 0 Å². The Morgan fingerprint density at radius 1 is 0.600 bits per heavy atom. The standard InChI is InChI=1S/C16H16N4/c1-9-3-5-11(15(19)13(9)17)7-8-12-6-4-10(2)14(18)16(12)20/h3-8,17-20H,1-2H3/b8-7+,17-13?,18-14?,19-15?,20-16?. The molecule has 0 saturated carbocycles. The summed E-state index contributed by atoms with van der Waals surface area (Å²) in [5, 5.41) is 31.4. The van der Waals surface area contributed by atoms with Crippen LogP contribution in [0.5, 0.6) is 0 Å². The van der Waals surface area contributed by atoms with E-state index >= 15 is 0 Å². The molecule has 4 N–H and O–H groups in total. The molecule has 0 atom stereocenters. The van der Waals surface area contributed by atoms with Gasteiger partial charge < -0.3 is 0 Å². The fourth-order valence-corrected chi connectivity index (χ4v) is 1.90. The zero-order valence-electron chi connectivity index (χ0n) is 11.5. The highest BCUT2D eigenvalue weighted by molar-refractivity contribution is 6.53. The van der Waals surface area contributed by atoms with Crippen LogP contribution in [0.25, 0.3) is 0 Å². The first-order valence-corrected chi connectivity index (χ1v) is 6.23. The maximum Gasteiger partial charge on any atom is 0.0864 e. The number of hydrogen-bond acceptors (Lipinski definition) is 4. The van der Waals surface area contributed by atoms with Crippen molar-refractivity contribution in [2.45, 2.75) is 13.8 Å². The molecule has 0 amide bonds. The second-order valence-corrected chi connectivity index (χ2v) is 4.78. The SMILES string of the molecule is CC1=CC=C(/C=C/C2=CC=C(C)C(=N)C2=N)C(=N)C1=N. The van der Waals surface area contributed by atoms with Gasteiger partial charge in [0, 0.05) is 11.1 Å². The predicted octanol–water partition coefficient (Wildman–Crippen LogP) is 3.39. The Balaban J connectivity index is 2.27. The summed E-state index contributed by atoms with van der Waals surface area (Å²) in [6.07, 6.45) is 10.7. The zero-order chi connectivity index (χ0) is 14.9. The number of rotatable bonds is 2. The summed E-state index contributed by atoms with van der Waals surface area (Å²) < 4.78 is 0. The number of hydrogen-bond donors (Lipinski definition) is 4. The molecule has 2 rings (SSSR count). The predicted molar refractivity (Wildman–Crippen MR) is 83.7 cm³/mol. The van der Waals surface area contributed by atoms with Crippen molar-refractivity contribution in [1.29, 1.82) is 21.6 Å². The van der Waals surface area contributed by atoms with Gasteiger partial charge in [0.25, 0.3) is 0 Å². The summed E-state index contributed by atoms with van der Waals surface area (Å²) >= 11 is 0. The highest BCUT2D eigenvalue weighted by Gasteiger charge is 2.16. The van der Waals surface area contributed by atoms with Crippen LogP contribution in [0.2, 0.25) is 0 Å². The molecule has 2 aliphatic carbocycles. The monoisotopic (exact) mass is 264 g/mol. The minimum atomic E-state index is 0.186. The molecular weight excluding hydrogens is 248 g/mol. The average molecular weight is 264 g/mol. The van der Waals surface area contributed by atoms with Crippen LogP contribution in [-0.4, -0.2) is 22.8 Å². The van der Waals surface area contributed by atoms with Crippen molar-refractivity contribution < 1.29 is 0 Å². The van der Waals surface area contributed by atoms with E-state index in [9.17, 15) is 0 Å². The first-order chi connectivity index (χ1) is 9.41. The smallest absolute Gasteiger partial charge is 0.0864 e. The van der Waals surface area contributed by atoms with Crippen LogP contribution < -0.4 is 0 Å². The third kappa shape index (κ3) is 2.40. The first-order valence-electron chi connectivity index (χ1n) is 6.23. The molecule has 0 aliphatic heterocycles. The molecule has 4 nitrogen and oxygen atoms in total. The highest BCUT2D eigenvalue weighted by Crippen LogP contribution is 2.17. The fraction of sp³-hybridized carbons (Fsp3) is 0.125. The van der Waals surface area contributed by atoms with Gasteiger partial charge in [-0.2, -0.15) is 0 Å². The molecule has 20 heavy (non-hydrogen) atoms. The van der Waals surface area contributed by atoms with Gasteiger partial charge in [-0.1, -0.05) is 36.5 Å². The van der Waals surface area contributed by atoms with Crippen LogP contribution in [0.1, 0.15) is 13.8 Å². The van der Waals surface area contributed by atoms with E-state index in [1.165, 1.54) is 0 Å². The molecule has 0 aromatic heterocycles. The third-order valence-electron chi connectivity index (χ3n) is 3.33. The van der Waals surface area contributed by atoms with Crippen LogP contribution in [0.15, 0.2) is 58.7 Å². The van der Waals surface area contributed by atoms with Gasteiger partial charge >= 0.3 is 0 Å². The Morgan fingerprint density at radius 2 is 0.950 bits per heavy atom. The minimum absolute atomic E-state index is 0.186. The highest BCUT2D eigenvalue weighted by atomic mass is 14.5. The van der Waals surface area contributed by atoms with Gasteiger partial charge in [0.1, 0.15) is 0 Å². The van der Waals surface area contributed by atoms with Crippen LogP contribution in [0, 0.1) is 21.6 Å². The Hall–Kier alpha value is -2.62. The van der Waals surface area contributed by atoms with Gasteiger partial charge in [0.15, 0.2) is 0 Å². The number of allylic oxidation sites excluding steroid dienone is 10. The molecule has 0 radical (unpaired) electrons. The summed E-state index contributed by atoms with van der Waals surface area (Å²) in [4.78, 5) is 0. The van der Waals surface area contributed by atoms with Crippen LogP contribution in [0.4, 0.5) is 0 Å². The van der Waals surface area contributed by atoms with Gasteiger partial charge in [0.2, 0.25) is 0 Å². The van der Waals surface area contributed by atoms with E-state index < -0.39 is 0 Å². The van der Waals surface area contributed by atoms with E-state index in [0.29, 0.717) is 11.1 Å². The van der Waals surface area contributed by atoms with Gasteiger partial charge in [-0.25, -0.2) is 0 Å². The Labute approximate surface area is 117 Å². The fourth-order valence-electron chi connectivity index (χ4n) is 1.90. The summed E-state index contributed by atoms with van der Waals surface area (Å²) in [6.45, 7) is 3.62. The lowest BCUT2D eigenvalue weighted by molar-refractivity contribution is 1.40. The topological polar surface area (TPSA) is 95.4 Å². The normalized spacial score (nSPS) is 19.9. The number of nitrogens with one attached hydrogen (secondary N) is 4. The van der Waals surface area contributed by atoms with Gasteiger partial charge in [0.05, 0.1) is 22.8 Å². The van der Waals surface area contributed by atoms with E-state index in [-0.39, 0.29) is 22.8 Å². The molecule has 0 spiro atoms. The second kappa shape index (κ2) is 5.17. The summed E-state index contributed by atoms with van der Waals surface area (Å²) in [7, 11) is 0. The molecule has 0 aromatic carbocycles. The van der Waals surface area contributed by atoms with Crippen molar-refractivity contribution in [1.82, 2.24) is 0 Å². The Morgan fingerprint density at radius 3 is 1.30 bits per heavy atom. The van der Waals surface area contributed by atoms with Crippen molar-refractivity contribution in [3.05, 3.63) is 58.7 Å². The largest absolute Gasteiger partial charge is 0.298 e. The van der Waals surface area contributed by atoms with Crippen molar-refractivity contribution in [3.8, 4) is 0 Å². The Bertz CT molecular complexity index is 634. The van der Waals surface area contributed by atoms with E-state index in [0.717, 1.165) is 11.1 Å². The van der Waals surface area contributed by atoms with Crippen molar-refractivity contribution in [3.63, 3.8) is 0 Å². The quantitative estimate of drug-likeness (QED) is 0.550. The molecule has 0 unspecified atom stereocenters. The third-order valence-corrected chi connectivity index (χ3v) is 3.33. The summed E-state index contributed by atoms with van der Waals surface area (Å²) in [5.41, 5.74) is 3.66. The van der Waals surface area contributed by atoms with Crippen LogP contribution >= 0.6 is 0 Å². The zero-order valence-corrected chi connectivity index (χ0v) is 11.5. The maximum atomic E-state index is 7.91. The molecule has 4 heteroatoms. The average Bonchev–Trinajstić information content (AvgIpc) is 2.43. The van der Waals surface area contributed by atoms with E-state index in [4.69, 9.17) is 21.6 Å². The van der Waals surface area contributed by atoms with Crippen molar-refractivity contribution >= 4 is 22.8 Å². The van der Waals surface area contributed by atoms with Crippen LogP contribution in [-0.2, 0) is 0 Å². The molecule has 0 heterocycles. The molecule has 100 valence electrons. The summed E-state index contributed by atoms with van der Waals surface area (Å²) in [5.74, 6) is 0. The lowest BCUT2D eigenvalue weighted by atomic mass is 9.92. The van der Waals surface area contributed by atoms with Gasteiger partial charge in [-0.15, -0.1) is 0 Å². The lowest BCUT2D eigenvalue weighted by Gasteiger charge is -2.14. The molecule has 0 fully saturated rings. The van der Waals surface area contributed by atoms with E-state index in [1.807, 2.05) is 26.0 Å². The molecular formula is C16H16N4. The molecule has 2 aliphatic rings. The minimum Gasteiger partial charge on any atom is -0.298 e. The second-order valence-electron chi connectivity index (χ2n) is 4.78. The van der Waals surface area contributed by atoms with Gasteiger partial charge in [-0.3, -0.25) is 21.6 Å². The van der Waals surface area contributed by atoms with E-state index in [1.54, 1.807) is 24.3 Å². The molecule has 0 bridgehead atoms. The maximum absolute atomic E-state index is 7.91. The lowest BCUT2D eigenvalue weighted by Crippen LogP contribution is -2.19. The van der Waals surface area contributed by atoms with E-state index in [2.05, 4.69) is 0 Å². The molecule has 0 aromatic rings. The van der Waals surface area contributed by atoms with Crippen molar-refractivity contribution in [2.24, 2.45) is 0 Å². The van der Waals surface area contributed by atoms with Crippen LogP contribution in [0.3, 0.4) is 0 Å². The Kier molecular flexibility index (Phi) is 3.57.